The van der Waals surface area contributed by atoms with Gasteiger partial charge >= 0.3 is 0 Å². The van der Waals surface area contributed by atoms with Crippen LogP contribution in [0, 0.1) is 12.7 Å². The van der Waals surface area contributed by atoms with Gasteiger partial charge in [0, 0.05) is 29.4 Å². The number of rotatable bonds is 7. The molecular formula is C29H31ClFN3O2. The number of likely N-dealkylation sites (tertiary alicyclic amines) is 1. The Morgan fingerprint density at radius 3 is 2.61 bits per heavy atom. The number of amides is 1. The minimum absolute atomic E-state index is 0.0178. The second-order valence-electron chi connectivity index (χ2n) is 9.91. The van der Waals surface area contributed by atoms with E-state index in [1.165, 1.54) is 23.3 Å². The number of aromatic nitrogens is 1. The molecule has 5 rings (SSSR count). The monoisotopic (exact) mass is 507 g/mol. The highest BCUT2D eigenvalue weighted by atomic mass is 35.5. The number of aryl methyl sites for hydroxylation is 1. The highest BCUT2D eigenvalue weighted by molar-refractivity contribution is 6.29. The van der Waals surface area contributed by atoms with Crippen molar-refractivity contribution in [3.63, 3.8) is 0 Å². The maximum Gasteiger partial charge on any atom is 0.258 e. The first-order valence-corrected chi connectivity index (χ1v) is 13.0. The van der Waals surface area contributed by atoms with Crippen LogP contribution >= 0.6 is 11.6 Å². The lowest BCUT2D eigenvalue weighted by Gasteiger charge is -2.40. The largest absolute Gasteiger partial charge is 0.494 e. The fraction of sp³-hybridized carbons (Fsp3) is 0.379. The van der Waals surface area contributed by atoms with Crippen LogP contribution in [0.3, 0.4) is 0 Å². The van der Waals surface area contributed by atoms with Gasteiger partial charge in [0.15, 0.2) is 0 Å². The smallest absolute Gasteiger partial charge is 0.258 e. The van der Waals surface area contributed by atoms with Crippen molar-refractivity contribution >= 4 is 23.2 Å². The zero-order valence-electron chi connectivity index (χ0n) is 20.6. The lowest BCUT2D eigenvalue weighted by molar-refractivity contribution is 0.0976. The van der Waals surface area contributed by atoms with E-state index < -0.39 is 0 Å². The summed E-state index contributed by atoms with van der Waals surface area (Å²) >= 11 is 6.06. The summed E-state index contributed by atoms with van der Waals surface area (Å²) in [5.74, 6) is 0.434. The average Bonchev–Trinajstić information content (AvgIpc) is 3.18. The average molecular weight is 508 g/mol. The summed E-state index contributed by atoms with van der Waals surface area (Å²) < 4.78 is 18.7. The maximum absolute atomic E-state index is 13.5. The van der Waals surface area contributed by atoms with Crippen molar-refractivity contribution in [3.8, 4) is 5.75 Å². The number of hydrogen-bond acceptors (Lipinski definition) is 4. The van der Waals surface area contributed by atoms with Gasteiger partial charge in [-0.25, -0.2) is 9.37 Å². The maximum atomic E-state index is 13.5. The zero-order valence-corrected chi connectivity index (χ0v) is 21.3. The molecule has 1 amide bonds. The predicted molar refractivity (Wildman–Crippen MR) is 141 cm³/mol. The second kappa shape index (κ2) is 10.6. The molecule has 2 aliphatic rings. The number of ether oxygens (including phenoxy) is 1. The highest BCUT2D eigenvalue weighted by Crippen LogP contribution is 2.47. The molecule has 0 bridgehead atoms. The summed E-state index contributed by atoms with van der Waals surface area (Å²) in [6.07, 6.45) is 5.64. The van der Waals surface area contributed by atoms with Crippen LogP contribution in [0.1, 0.15) is 47.2 Å². The minimum Gasteiger partial charge on any atom is -0.494 e. The van der Waals surface area contributed by atoms with Crippen LogP contribution in [0.5, 0.6) is 5.75 Å². The molecule has 0 saturated carbocycles. The summed E-state index contributed by atoms with van der Waals surface area (Å²) in [6, 6.07) is 16.0. The molecule has 2 aromatic carbocycles. The van der Waals surface area contributed by atoms with Crippen molar-refractivity contribution in [3.05, 3.63) is 88.5 Å². The van der Waals surface area contributed by atoms with Crippen LogP contribution in [0.15, 0.2) is 60.8 Å². The Labute approximate surface area is 216 Å². The molecule has 3 aromatic rings. The highest BCUT2D eigenvalue weighted by Gasteiger charge is 2.46. The molecule has 0 unspecified atom stereocenters. The molecule has 0 aliphatic carbocycles. The molecule has 0 atom stereocenters. The molecule has 1 fully saturated rings. The molecule has 0 radical (unpaired) electrons. The van der Waals surface area contributed by atoms with E-state index in [1.54, 1.807) is 30.5 Å². The molecule has 3 heterocycles. The zero-order chi connectivity index (χ0) is 25.1. The van der Waals surface area contributed by atoms with Crippen molar-refractivity contribution in [2.45, 2.75) is 38.0 Å². The SMILES string of the molecule is Cc1ccc2c(c1)C1(CCN(CCCCOc3ccc(F)cc3)CC1)CN2C(=O)c1ccnc(Cl)c1. The van der Waals surface area contributed by atoms with Crippen LogP contribution in [0.2, 0.25) is 5.15 Å². The van der Waals surface area contributed by atoms with Crippen LogP contribution in [0.25, 0.3) is 0 Å². The lowest BCUT2D eigenvalue weighted by Crippen LogP contribution is -2.46. The minimum atomic E-state index is -0.250. The first kappa shape index (κ1) is 24.7. The standard InChI is InChI=1S/C29H31ClFN3O2/c1-21-4-9-26-25(18-21)29(20-34(26)28(35)22-10-13-32-27(30)19-22)11-15-33(16-12-29)14-2-3-17-36-24-7-5-23(31)6-8-24/h4-10,13,18-19H,2-3,11-12,14-17,20H2,1H3. The Kier molecular flexibility index (Phi) is 7.26. The van der Waals surface area contributed by atoms with Crippen molar-refractivity contribution < 1.29 is 13.9 Å². The van der Waals surface area contributed by atoms with E-state index in [0.29, 0.717) is 29.6 Å². The van der Waals surface area contributed by atoms with Gasteiger partial charge in [-0.2, -0.15) is 0 Å². The molecule has 5 nitrogen and oxygen atoms in total. The number of carbonyl (C=O) groups is 1. The molecule has 188 valence electrons. The quantitative estimate of drug-likeness (QED) is 0.289. The number of piperidine rings is 1. The molecule has 0 N–H and O–H groups in total. The molecule has 1 saturated heterocycles. The number of unbranched alkanes of at least 4 members (excludes halogenated alkanes) is 1. The number of fused-ring (bicyclic) bond motifs is 2. The molecule has 1 spiro atoms. The van der Waals surface area contributed by atoms with Gasteiger partial charge in [-0.05, 0) is 100 Å². The summed E-state index contributed by atoms with van der Waals surface area (Å²) in [7, 11) is 0. The summed E-state index contributed by atoms with van der Waals surface area (Å²) in [4.78, 5) is 21.9. The van der Waals surface area contributed by atoms with E-state index in [2.05, 4.69) is 35.0 Å². The van der Waals surface area contributed by atoms with Gasteiger partial charge in [0.25, 0.3) is 5.91 Å². The summed E-state index contributed by atoms with van der Waals surface area (Å²) in [5.41, 5.74) is 4.08. The number of nitrogens with zero attached hydrogens (tertiary/aromatic N) is 3. The third-order valence-corrected chi connectivity index (χ3v) is 7.66. The van der Waals surface area contributed by atoms with Crippen LogP contribution in [-0.4, -0.2) is 48.6 Å². The van der Waals surface area contributed by atoms with Crippen LogP contribution in [0.4, 0.5) is 10.1 Å². The predicted octanol–water partition coefficient (Wildman–Crippen LogP) is 6.04. The fourth-order valence-corrected chi connectivity index (χ4v) is 5.62. The Morgan fingerprint density at radius 1 is 1.08 bits per heavy atom. The van der Waals surface area contributed by atoms with Crippen molar-refractivity contribution in [1.29, 1.82) is 0 Å². The Bertz CT molecular complexity index is 1230. The molecule has 36 heavy (non-hydrogen) atoms. The summed E-state index contributed by atoms with van der Waals surface area (Å²) in [5, 5.41) is 0.329. The Morgan fingerprint density at radius 2 is 1.86 bits per heavy atom. The number of hydrogen-bond donors (Lipinski definition) is 0. The van der Waals surface area contributed by atoms with E-state index >= 15 is 0 Å². The first-order chi connectivity index (χ1) is 17.4. The second-order valence-corrected chi connectivity index (χ2v) is 10.3. The number of benzene rings is 2. The van der Waals surface area contributed by atoms with E-state index in [9.17, 15) is 9.18 Å². The Balaban J connectivity index is 1.19. The van der Waals surface area contributed by atoms with Crippen LogP contribution < -0.4 is 9.64 Å². The third-order valence-electron chi connectivity index (χ3n) is 7.46. The van der Waals surface area contributed by atoms with Gasteiger partial charge in [0.05, 0.1) is 6.61 Å². The Hall–Kier alpha value is -2.96. The fourth-order valence-electron chi connectivity index (χ4n) is 5.45. The van der Waals surface area contributed by atoms with Gasteiger partial charge in [-0.3, -0.25) is 4.79 Å². The van der Waals surface area contributed by atoms with Crippen LogP contribution in [-0.2, 0) is 5.41 Å². The molecule has 7 heteroatoms. The number of halogens is 2. The molecule has 2 aliphatic heterocycles. The first-order valence-electron chi connectivity index (χ1n) is 12.6. The molecule has 1 aromatic heterocycles. The van der Waals surface area contributed by atoms with E-state index in [1.807, 2.05) is 4.90 Å². The number of pyridine rings is 1. The van der Waals surface area contributed by atoms with E-state index in [-0.39, 0.29) is 17.1 Å². The van der Waals surface area contributed by atoms with Crippen molar-refractivity contribution in [1.82, 2.24) is 9.88 Å². The van der Waals surface area contributed by atoms with Crippen molar-refractivity contribution in [2.24, 2.45) is 0 Å². The van der Waals surface area contributed by atoms with Crippen molar-refractivity contribution in [2.75, 3.05) is 37.7 Å². The third kappa shape index (κ3) is 5.25. The van der Waals surface area contributed by atoms with Gasteiger partial charge < -0.3 is 14.5 Å². The molecular weight excluding hydrogens is 477 g/mol. The normalized spacial score (nSPS) is 16.8. The van der Waals surface area contributed by atoms with Gasteiger partial charge in [0.2, 0.25) is 0 Å². The number of anilines is 1. The van der Waals surface area contributed by atoms with Gasteiger partial charge in [0.1, 0.15) is 16.7 Å². The van der Waals surface area contributed by atoms with E-state index in [4.69, 9.17) is 16.3 Å². The topological polar surface area (TPSA) is 45.7 Å². The van der Waals surface area contributed by atoms with Gasteiger partial charge in [-0.15, -0.1) is 0 Å². The summed E-state index contributed by atoms with van der Waals surface area (Å²) in [6.45, 7) is 6.49. The number of carbonyl (C=O) groups excluding carboxylic acids is 1. The lowest BCUT2D eigenvalue weighted by atomic mass is 9.74. The van der Waals surface area contributed by atoms with Gasteiger partial charge in [-0.1, -0.05) is 29.3 Å². The van der Waals surface area contributed by atoms with E-state index in [0.717, 1.165) is 51.0 Å².